The molecule has 0 bridgehead atoms. The lowest BCUT2D eigenvalue weighted by molar-refractivity contribution is -0.121. The average Bonchev–Trinajstić information content (AvgIpc) is 2.77. The Morgan fingerprint density at radius 2 is 1.94 bits per heavy atom. The molecule has 2 aromatic carbocycles. The Morgan fingerprint density at radius 1 is 1.16 bits per heavy atom. The van der Waals surface area contributed by atoms with Gasteiger partial charge in [0.25, 0.3) is 0 Å². The molecule has 1 atom stereocenters. The van der Waals surface area contributed by atoms with Crippen molar-refractivity contribution in [1.82, 2.24) is 14.9 Å². The van der Waals surface area contributed by atoms with E-state index in [4.69, 9.17) is 4.74 Å². The van der Waals surface area contributed by atoms with Crippen LogP contribution in [0.25, 0.3) is 6.08 Å². The maximum atomic E-state index is 12.1. The highest BCUT2D eigenvalue weighted by Crippen LogP contribution is 2.12. The lowest BCUT2D eigenvalue weighted by Crippen LogP contribution is -2.40. The summed E-state index contributed by atoms with van der Waals surface area (Å²) in [7, 11) is -3.59. The van der Waals surface area contributed by atoms with Crippen molar-refractivity contribution in [3.63, 3.8) is 0 Å². The summed E-state index contributed by atoms with van der Waals surface area (Å²) in [5.74, 6) is -0.202. The number of hydrogen-bond donors (Lipinski definition) is 2. The van der Waals surface area contributed by atoms with Crippen LogP contribution in [0.3, 0.4) is 0 Å². The van der Waals surface area contributed by atoms with Crippen LogP contribution in [0.2, 0.25) is 0 Å². The molecule has 0 aromatic heterocycles. The molecule has 2 aromatic rings. The van der Waals surface area contributed by atoms with Crippen LogP contribution in [-0.2, 0) is 32.6 Å². The minimum absolute atomic E-state index is 0.0442. The van der Waals surface area contributed by atoms with Crippen LogP contribution in [0.1, 0.15) is 30.0 Å². The van der Waals surface area contributed by atoms with Crippen LogP contribution in [-0.4, -0.2) is 51.6 Å². The second-order valence-electron chi connectivity index (χ2n) is 7.92. The van der Waals surface area contributed by atoms with E-state index in [9.17, 15) is 13.2 Å². The van der Waals surface area contributed by atoms with Crippen LogP contribution >= 0.6 is 0 Å². The molecule has 0 saturated carbocycles. The van der Waals surface area contributed by atoms with Crippen LogP contribution in [0.15, 0.2) is 60.0 Å². The number of morpholine rings is 1. The maximum absolute atomic E-state index is 12.1. The standard InChI is InChI=1S/C24H31N3O4S/c1-20-18-27(13-14-31-20)19-23-9-5-8-22(16-23)17-25-24(28)10-12-26-32(29,30)15-11-21-6-3-2-4-7-21/h2-9,11,15-16,20,26H,10,12-14,17-19H2,1H3,(H,25,28)/b15-11+. The van der Waals surface area contributed by atoms with Crippen LogP contribution in [0, 0.1) is 0 Å². The normalized spacial score (nSPS) is 17.5. The summed E-state index contributed by atoms with van der Waals surface area (Å²) >= 11 is 0. The summed E-state index contributed by atoms with van der Waals surface area (Å²) in [4.78, 5) is 14.5. The van der Waals surface area contributed by atoms with Crippen molar-refractivity contribution >= 4 is 22.0 Å². The van der Waals surface area contributed by atoms with Crippen LogP contribution in [0.4, 0.5) is 0 Å². The molecule has 172 valence electrons. The third-order valence-electron chi connectivity index (χ3n) is 5.11. The summed E-state index contributed by atoms with van der Waals surface area (Å²) < 4.78 is 32.1. The molecule has 1 aliphatic heterocycles. The number of carbonyl (C=O) groups excluding carboxylic acids is 1. The minimum Gasteiger partial charge on any atom is -0.376 e. The number of ether oxygens (including phenoxy) is 1. The number of rotatable bonds is 10. The van der Waals surface area contributed by atoms with Crippen molar-refractivity contribution in [2.45, 2.75) is 32.5 Å². The van der Waals surface area contributed by atoms with Gasteiger partial charge in [-0.3, -0.25) is 9.69 Å². The van der Waals surface area contributed by atoms with Crippen molar-refractivity contribution in [3.8, 4) is 0 Å². The highest BCUT2D eigenvalue weighted by atomic mass is 32.2. The van der Waals surface area contributed by atoms with Gasteiger partial charge in [-0.15, -0.1) is 0 Å². The van der Waals surface area contributed by atoms with Crippen molar-refractivity contribution in [1.29, 1.82) is 0 Å². The zero-order chi connectivity index (χ0) is 22.8. The smallest absolute Gasteiger partial charge is 0.233 e. The Morgan fingerprint density at radius 3 is 2.72 bits per heavy atom. The Hall–Kier alpha value is -2.52. The zero-order valence-electron chi connectivity index (χ0n) is 18.4. The van der Waals surface area contributed by atoms with Gasteiger partial charge in [-0.25, -0.2) is 13.1 Å². The molecule has 1 heterocycles. The van der Waals surface area contributed by atoms with Gasteiger partial charge in [0.15, 0.2) is 0 Å². The van der Waals surface area contributed by atoms with E-state index >= 15 is 0 Å². The number of hydrogen-bond acceptors (Lipinski definition) is 5. The number of sulfonamides is 1. The molecule has 0 radical (unpaired) electrons. The lowest BCUT2D eigenvalue weighted by atomic mass is 10.1. The van der Waals surface area contributed by atoms with Crippen LogP contribution in [0.5, 0.6) is 0 Å². The topological polar surface area (TPSA) is 87.7 Å². The number of carbonyl (C=O) groups is 1. The summed E-state index contributed by atoms with van der Waals surface area (Å²) in [6.45, 7) is 5.98. The summed E-state index contributed by atoms with van der Waals surface area (Å²) in [5, 5.41) is 3.97. The fraction of sp³-hybridized carbons (Fsp3) is 0.375. The first-order valence-corrected chi connectivity index (χ1v) is 12.4. The molecule has 0 spiro atoms. The van der Waals surface area contributed by atoms with Crippen molar-refractivity contribution < 1.29 is 17.9 Å². The van der Waals surface area contributed by atoms with Crippen molar-refractivity contribution in [2.24, 2.45) is 0 Å². The van der Waals surface area contributed by atoms with Gasteiger partial charge in [-0.1, -0.05) is 54.6 Å². The number of benzene rings is 2. The number of nitrogens with zero attached hydrogens (tertiary/aromatic N) is 1. The van der Waals surface area contributed by atoms with E-state index in [2.05, 4.69) is 34.0 Å². The Balaban J connectivity index is 1.39. The molecule has 0 aliphatic carbocycles. The fourth-order valence-electron chi connectivity index (χ4n) is 3.51. The Labute approximate surface area is 190 Å². The quantitative estimate of drug-likeness (QED) is 0.572. The highest BCUT2D eigenvalue weighted by molar-refractivity contribution is 7.92. The predicted octanol–water partition coefficient (Wildman–Crippen LogP) is 2.50. The van der Waals surface area contributed by atoms with Gasteiger partial charge < -0.3 is 10.1 Å². The summed E-state index contributed by atoms with van der Waals surface area (Å²) in [5.41, 5.74) is 3.01. The Bertz CT molecular complexity index is 1010. The van der Waals surface area contributed by atoms with E-state index in [1.54, 1.807) is 0 Å². The minimum atomic E-state index is -3.59. The van der Waals surface area contributed by atoms with E-state index in [0.717, 1.165) is 42.8 Å². The van der Waals surface area contributed by atoms with E-state index in [1.807, 2.05) is 42.5 Å². The number of amides is 1. The second kappa shape index (κ2) is 11.9. The largest absolute Gasteiger partial charge is 0.376 e. The maximum Gasteiger partial charge on any atom is 0.233 e. The summed E-state index contributed by atoms with van der Waals surface area (Å²) in [6.07, 6.45) is 1.84. The molecule has 3 rings (SSSR count). The first-order valence-electron chi connectivity index (χ1n) is 10.8. The first-order chi connectivity index (χ1) is 15.4. The van der Waals surface area contributed by atoms with Crippen molar-refractivity contribution in [3.05, 3.63) is 76.7 Å². The van der Waals surface area contributed by atoms with Gasteiger partial charge >= 0.3 is 0 Å². The van der Waals surface area contributed by atoms with Crippen molar-refractivity contribution in [2.75, 3.05) is 26.2 Å². The van der Waals surface area contributed by atoms with E-state index < -0.39 is 10.0 Å². The van der Waals surface area contributed by atoms with Gasteiger partial charge in [0.1, 0.15) is 0 Å². The molecule has 2 N–H and O–H groups in total. The average molecular weight is 458 g/mol. The Kier molecular flexibility index (Phi) is 8.99. The lowest BCUT2D eigenvalue weighted by Gasteiger charge is -2.31. The molecule has 1 fully saturated rings. The fourth-order valence-corrected chi connectivity index (χ4v) is 4.33. The third kappa shape index (κ3) is 8.55. The monoisotopic (exact) mass is 457 g/mol. The molecule has 8 heteroatoms. The SMILES string of the molecule is CC1CN(Cc2cccc(CNC(=O)CCNS(=O)(=O)/C=C/c3ccccc3)c2)CCO1. The van der Waals surface area contributed by atoms with Gasteiger partial charge in [-0.05, 0) is 29.7 Å². The van der Waals surface area contributed by atoms with Crippen LogP contribution < -0.4 is 10.0 Å². The predicted molar refractivity (Wildman–Crippen MR) is 126 cm³/mol. The third-order valence-corrected chi connectivity index (χ3v) is 6.21. The molecule has 7 nitrogen and oxygen atoms in total. The van der Waals surface area contributed by atoms with Gasteiger partial charge in [0.2, 0.25) is 15.9 Å². The first kappa shape index (κ1) is 24.1. The molecule has 32 heavy (non-hydrogen) atoms. The molecule has 1 unspecified atom stereocenters. The highest BCUT2D eigenvalue weighted by Gasteiger charge is 2.16. The van der Waals surface area contributed by atoms with Gasteiger partial charge in [0, 0.05) is 44.6 Å². The molecule has 1 saturated heterocycles. The second-order valence-corrected chi connectivity index (χ2v) is 9.57. The van der Waals surface area contributed by atoms with E-state index in [-0.39, 0.29) is 25.0 Å². The summed E-state index contributed by atoms with van der Waals surface area (Å²) in [6, 6.07) is 17.3. The molecule has 1 aliphatic rings. The zero-order valence-corrected chi connectivity index (χ0v) is 19.2. The van der Waals surface area contributed by atoms with Gasteiger partial charge in [0.05, 0.1) is 12.7 Å². The van der Waals surface area contributed by atoms with E-state index in [1.165, 1.54) is 11.6 Å². The van der Waals surface area contributed by atoms with Gasteiger partial charge in [-0.2, -0.15) is 0 Å². The number of nitrogens with one attached hydrogen (secondary N) is 2. The van der Waals surface area contributed by atoms with E-state index in [0.29, 0.717) is 6.54 Å². The molecular weight excluding hydrogens is 426 g/mol. The molecule has 1 amide bonds. The molecular formula is C24H31N3O4S.